The van der Waals surface area contributed by atoms with Gasteiger partial charge in [-0.05, 0) is 34.6 Å². The summed E-state index contributed by atoms with van der Waals surface area (Å²) in [6.07, 6.45) is 15.3. The molecule has 0 spiro atoms. The van der Waals surface area contributed by atoms with Gasteiger partial charge in [0, 0.05) is 21.7 Å². The molecule has 0 bridgehead atoms. The summed E-state index contributed by atoms with van der Waals surface area (Å²) in [5.41, 5.74) is 6.20. The van der Waals surface area contributed by atoms with Crippen LogP contribution in [-0.2, 0) is 0 Å². The fourth-order valence-corrected chi connectivity index (χ4v) is 4.10. The molecule has 0 N–H and O–H groups in total. The number of hydrogen-bond donors (Lipinski definition) is 0. The lowest BCUT2D eigenvalue weighted by Gasteiger charge is -2.04. The van der Waals surface area contributed by atoms with Crippen LogP contribution in [0, 0.1) is 0 Å². The molecule has 146 valence electrons. The lowest BCUT2D eigenvalue weighted by Crippen LogP contribution is -2.04. The van der Waals surface area contributed by atoms with Crippen molar-refractivity contribution in [1.82, 2.24) is 4.40 Å². The maximum absolute atomic E-state index is 4.46. The first-order valence-electron chi connectivity index (χ1n) is 10.00. The lowest BCUT2D eigenvalue weighted by atomic mass is 10.0. The van der Waals surface area contributed by atoms with Crippen molar-refractivity contribution in [2.24, 2.45) is 0 Å². The predicted octanol–water partition coefficient (Wildman–Crippen LogP) is 5.35. The van der Waals surface area contributed by atoms with Gasteiger partial charge in [0.05, 0.1) is 16.7 Å². The van der Waals surface area contributed by atoms with Crippen molar-refractivity contribution < 1.29 is 0 Å². The fraction of sp³-hybridized carbons (Fsp3) is 0.0345. The third-order valence-corrected chi connectivity index (χ3v) is 5.44. The summed E-state index contributed by atoms with van der Waals surface area (Å²) in [5, 5.41) is 3.88. The first kappa shape index (κ1) is 19.5. The number of nitrogens with zero attached hydrogens (tertiary/aromatic N) is 1. The molecule has 0 amide bonds. The van der Waals surface area contributed by atoms with Gasteiger partial charge in [0.2, 0.25) is 0 Å². The number of allylic oxidation sites excluding steroid dienone is 6. The molecule has 30 heavy (non-hydrogen) atoms. The van der Waals surface area contributed by atoms with E-state index in [2.05, 4.69) is 67.7 Å². The van der Waals surface area contributed by atoms with E-state index in [1.165, 1.54) is 0 Å². The van der Waals surface area contributed by atoms with Gasteiger partial charge in [0.1, 0.15) is 0 Å². The quantitative estimate of drug-likeness (QED) is 0.530. The SMILES string of the molecule is C=Cc1c2c(=C)ccccc(=C)ccc2n2c3c(c(=C)c12)C(=C)/C=C\C=C/C/C=C\3. The van der Waals surface area contributed by atoms with Gasteiger partial charge in [0.25, 0.3) is 0 Å². The zero-order valence-corrected chi connectivity index (χ0v) is 17.2. The Hall–Kier alpha value is -3.84. The van der Waals surface area contributed by atoms with Crippen LogP contribution in [0.25, 0.3) is 53.9 Å². The molecule has 2 aromatic heterocycles. The van der Waals surface area contributed by atoms with Gasteiger partial charge in [-0.2, -0.15) is 0 Å². The highest BCUT2D eigenvalue weighted by Crippen LogP contribution is 2.30. The number of rotatable bonds is 1. The third kappa shape index (κ3) is 3.15. The van der Waals surface area contributed by atoms with Crippen LogP contribution in [0.4, 0.5) is 0 Å². The van der Waals surface area contributed by atoms with Gasteiger partial charge in [-0.25, -0.2) is 0 Å². The molecule has 0 fully saturated rings. The van der Waals surface area contributed by atoms with Crippen molar-refractivity contribution >= 4 is 53.9 Å². The Kier molecular flexibility index (Phi) is 5.12. The minimum atomic E-state index is 0.861. The molecule has 0 radical (unpaired) electrons. The molecule has 0 aliphatic heterocycles. The molecule has 4 rings (SSSR count). The van der Waals surface area contributed by atoms with Crippen molar-refractivity contribution in [3.63, 3.8) is 0 Å². The minimum absolute atomic E-state index is 0.861. The van der Waals surface area contributed by atoms with Crippen molar-refractivity contribution in [3.05, 3.63) is 112 Å². The van der Waals surface area contributed by atoms with Gasteiger partial charge in [-0.15, -0.1) is 0 Å². The Bertz CT molecular complexity index is 1490. The van der Waals surface area contributed by atoms with Gasteiger partial charge in [-0.1, -0.05) is 99.7 Å². The molecular weight excluding hydrogens is 362 g/mol. The number of fused-ring (bicyclic) bond motifs is 5. The monoisotopic (exact) mass is 387 g/mol. The first-order valence-corrected chi connectivity index (χ1v) is 10.00. The summed E-state index contributed by atoms with van der Waals surface area (Å²) in [6, 6.07) is 12.1. The van der Waals surface area contributed by atoms with Crippen LogP contribution in [-0.4, -0.2) is 4.40 Å². The highest BCUT2D eigenvalue weighted by molar-refractivity contribution is 6.01. The Morgan fingerprint density at radius 2 is 1.67 bits per heavy atom. The second-order valence-electron chi connectivity index (χ2n) is 7.40. The number of hydrogen-bond acceptors (Lipinski definition) is 0. The summed E-state index contributed by atoms with van der Waals surface area (Å²) in [5.74, 6) is 0. The van der Waals surface area contributed by atoms with Crippen LogP contribution in [0.15, 0.2) is 79.9 Å². The molecule has 0 saturated carbocycles. The van der Waals surface area contributed by atoms with Crippen LogP contribution in [0.3, 0.4) is 0 Å². The summed E-state index contributed by atoms with van der Waals surface area (Å²) < 4.78 is 2.26. The van der Waals surface area contributed by atoms with Crippen molar-refractivity contribution in [2.45, 2.75) is 6.42 Å². The second-order valence-corrected chi connectivity index (χ2v) is 7.40. The van der Waals surface area contributed by atoms with E-state index in [1.54, 1.807) is 0 Å². The molecule has 1 aromatic carbocycles. The van der Waals surface area contributed by atoms with Crippen LogP contribution in [0.1, 0.15) is 23.2 Å². The van der Waals surface area contributed by atoms with Crippen molar-refractivity contribution in [2.75, 3.05) is 0 Å². The van der Waals surface area contributed by atoms with Crippen LogP contribution in [0.5, 0.6) is 0 Å². The van der Waals surface area contributed by atoms with E-state index in [0.29, 0.717) is 0 Å². The van der Waals surface area contributed by atoms with E-state index in [0.717, 1.165) is 60.9 Å². The smallest absolute Gasteiger partial charge is 0.0614 e. The Balaban J connectivity index is 2.34. The third-order valence-electron chi connectivity index (χ3n) is 5.44. The van der Waals surface area contributed by atoms with E-state index in [4.69, 9.17) is 0 Å². The van der Waals surface area contributed by atoms with Crippen molar-refractivity contribution in [3.8, 4) is 0 Å². The molecule has 0 saturated heterocycles. The van der Waals surface area contributed by atoms with Crippen molar-refractivity contribution in [1.29, 1.82) is 0 Å². The van der Waals surface area contributed by atoms with E-state index < -0.39 is 0 Å². The average Bonchev–Trinajstić information content (AvgIpc) is 3.21. The normalized spacial score (nSPS) is 16.6. The Labute approximate surface area is 177 Å². The van der Waals surface area contributed by atoms with E-state index in [-0.39, 0.29) is 0 Å². The Morgan fingerprint density at radius 3 is 2.47 bits per heavy atom. The van der Waals surface area contributed by atoms with E-state index >= 15 is 0 Å². The van der Waals surface area contributed by atoms with Gasteiger partial charge < -0.3 is 4.40 Å². The Morgan fingerprint density at radius 1 is 0.867 bits per heavy atom. The zero-order chi connectivity index (χ0) is 21.3. The molecular formula is C29H25N. The molecule has 1 heteroatoms. The summed E-state index contributed by atoms with van der Waals surface area (Å²) in [4.78, 5) is 0. The number of aromatic nitrogens is 1. The summed E-state index contributed by atoms with van der Waals surface area (Å²) in [6.45, 7) is 21.3. The maximum Gasteiger partial charge on any atom is 0.0614 e. The predicted molar refractivity (Wildman–Crippen MR) is 135 cm³/mol. The average molecular weight is 388 g/mol. The molecule has 1 nitrogen and oxygen atoms in total. The molecule has 0 unspecified atom stereocenters. The second kappa shape index (κ2) is 7.88. The highest BCUT2D eigenvalue weighted by Gasteiger charge is 2.19. The van der Waals surface area contributed by atoms with Gasteiger partial charge in [0.15, 0.2) is 0 Å². The molecule has 1 aliphatic carbocycles. The lowest BCUT2D eigenvalue weighted by molar-refractivity contribution is 1.25. The van der Waals surface area contributed by atoms with Gasteiger partial charge in [-0.3, -0.25) is 0 Å². The topological polar surface area (TPSA) is 4.41 Å². The molecule has 1 aliphatic rings. The zero-order valence-electron chi connectivity index (χ0n) is 17.2. The highest BCUT2D eigenvalue weighted by atomic mass is 14.9. The van der Waals surface area contributed by atoms with Gasteiger partial charge >= 0.3 is 0 Å². The van der Waals surface area contributed by atoms with Crippen LogP contribution >= 0.6 is 0 Å². The first-order chi connectivity index (χ1) is 14.5. The van der Waals surface area contributed by atoms with Crippen LogP contribution < -0.4 is 15.7 Å². The van der Waals surface area contributed by atoms with Crippen LogP contribution in [0.2, 0.25) is 0 Å². The minimum Gasteiger partial charge on any atom is -0.308 e. The summed E-state index contributed by atoms with van der Waals surface area (Å²) in [7, 11) is 0. The standard InChI is InChI=1S/C29H25N/c1-6-24-28-22(4)16-13-12-14-20(2)18-19-26(28)30-25-17-11-9-7-8-10-15-21(3)27(25)23(5)29(24)30/h6-8,10-19H,1-5,9H2/b8-7-,14-12?,15-10-,16-13?,17-11-,19-18?. The summed E-state index contributed by atoms with van der Waals surface area (Å²) >= 11 is 0. The molecule has 0 atom stereocenters. The maximum atomic E-state index is 4.46. The van der Waals surface area contributed by atoms with E-state index in [1.807, 2.05) is 48.6 Å². The molecule has 3 aromatic rings. The molecule has 2 heterocycles. The fourth-order valence-electron chi connectivity index (χ4n) is 4.10. The largest absolute Gasteiger partial charge is 0.308 e. The van der Waals surface area contributed by atoms with E-state index in [9.17, 15) is 0 Å².